The number of carbonyl (C=O) groups excluding carboxylic acids is 2. The van der Waals surface area contributed by atoms with Crippen molar-refractivity contribution in [3.8, 4) is 11.3 Å². The van der Waals surface area contributed by atoms with Crippen molar-refractivity contribution in [2.45, 2.75) is 58.2 Å². The van der Waals surface area contributed by atoms with Crippen molar-refractivity contribution < 1.29 is 31.9 Å². The maximum absolute atomic E-state index is 13.8. The van der Waals surface area contributed by atoms with E-state index in [0.29, 0.717) is 31.4 Å². The van der Waals surface area contributed by atoms with Crippen molar-refractivity contribution in [3.63, 3.8) is 0 Å². The lowest BCUT2D eigenvalue weighted by Crippen LogP contribution is -2.19. The Labute approximate surface area is 165 Å². The van der Waals surface area contributed by atoms with Crippen LogP contribution in [0.25, 0.3) is 11.3 Å². The molecule has 0 aliphatic heterocycles. The van der Waals surface area contributed by atoms with Crippen LogP contribution in [0.5, 0.6) is 0 Å². The predicted octanol–water partition coefficient (Wildman–Crippen LogP) is 4.20. The first-order chi connectivity index (χ1) is 13.8. The molecular formula is C20H21F3N2O4. The van der Waals surface area contributed by atoms with Crippen LogP contribution >= 0.6 is 0 Å². The summed E-state index contributed by atoms with van der Waals surface area (Å²) in [5.74, 6) is -1.29. The zero-order chi connectivity index (χ0) is 20.8. The van der Waals surface area contributed by atoms with E-state index in [9.17, 15) is 22.8 Å². The van der Waals surface area contributed by atoms with E-state index in [2.05, 4.69) is 5.10 Å². The number of ether oxygens (including phenoxy) is 1. The fourth-order valence-corrected chi connectivity index (χ4v) is 4.16. The van der Waals surface area contributed by atoms with Gasteiger partial charge in [0.15, 0.2) is 0 Å². The highest BCUT2D eigenvalue weighted by Crippen LogP contribution is 2.46. The highest BCUT2D eigenvalue weighted by Gasteiger charge is 2.45. The van der Waals surface area contributed by atoms with Crippen LogP contribution < -0.4 is 0 Å². The van der Waals surface area contributed by atoms with Gasteiger partial charge in [-0.3, -0.25) is 9.48 Å². The standard InChI is InChI=1S/C20H21F3N2O4/c1-2-28-19(27)18-16(20(21,22)23)15-14(29-18)8-5-12-10-25(24-17(12)15)9-11-3-6-13(26)7-4-11/h10-11H,2-9H2,1H3. The molecule has 6 nitrogen and oxygen atoms in total. The van der Waals surface area contributed by atoms with Gasteiger partial charge in [0.1, 0.15) is 17.1 Å². The molecule has 2 aromatic heterocycles. The Morgan fingerprint density at radius 2 is 2.00 bits per heavy atom. The lowest BCUT2D eigenvalue weighted by Gasteiger charge is -2.20. The van der Waals surface area contributed by atoms with Gasteiger partial charge in [-0.25, -0.2) is 4.79 Å². The van der Waals surface area contributed by atoms with Crippen molar-refractivity contribution in [3.05, 3.63) is 28.8 Å². The maximum atomic E-state index is 13.8. The average molecular weight is 410 g/mol. The fraction of sp³-hybridized carbons (Fsp3) is 0.550. The molecule has 0 N–H and O–H groups in total. The number of rotatable bonds is 4. The lowest BCUT2D eigenvalue weighted by molar-refractivity contribution is -0.138. The molecule has 9 heteroatoms. The zero-order valence-electron chi connectivity index (χ0n) is 16.0. The summed E-state index contributed by atoms with van der Waals surface area (Å²) in [7, 11) is 0. The minimum Gasteiger partial charge on any atom is -0.460 e. The van der Waals surface area contributed by atoms with E-state index in [0.717, 1.165) is 12.8 Å². The monoisotopic (exact) mass is 410 g/mol. The molecule has 2 aliphatic carbocycles. The number of hydrogen-bond donors (Lipinski definition) is 0. The SMILES string of the molecule is CCOC(=O)c1oc2c(c1C(F)(F)F)-c1nn(CC3CCC(=O)CC3)cc1CC2. The summed E-state index contributed by atoms with van der Waals surface area (Å²) in [6, 6.07) is 0. The summed E-state index contributed by atoms with van der Waals surface area (Å²) in [6.45, 7) is 2.03. The van der Waals surface area contributed by atoms with Gasteiger partial charge in [-0.15, -0.1) is 0 Å². The average Bonchev–Trinajstić information content (AvgIpc) is 3.24. The molecule has 0 bridgehead atoms. The van der Waals surface area contributed by atoms with E-state index in [-0.39, 0.29) is 41.7 Å². The van der Waals surface area contributed by atoms with Crippen molar-refractivity contribution in [2.75, 3.05) is 6.61 Å². The first-order valence-corrected chi connectivity index (χ1v) is 9.76. The van der Waals surface area contributed by atoms with Crippen LogP contribution in [0.2, 0.25) is 0 Å². The highest BCUT2D eigenvalue weighted by atomic mass is 19.4. The minimum atomic E-state index is -4.78. The first-order valence-electron chi connectivity index (χ1n) is 9.76. The quantitative estimate of drug-likeness (QED) is 0.707. The number of furan rings is 1. The molecule has 2 aromatic rings. The van der Waals surface area contributed by atoms with Gasteiger partial charge in [0.25, 0.3) is 0 Å². The molecule has 0 atom stereocenters. The van der Waals surface area contributed by atoms with Gasteiger partial charge in [0.05, 0.1) is 17.9 Å². The molecule has 1 fully saturated rings. The van der Waals surface area contributed by atoms with Crippen LogP contribution in [0.15, 0.2) is 10.6 Å². The second kappa shape index (κ2) is 7.35. The number of hydrogen-bond acceptors (Lipinski definition) is 5. The third-order valence-electron chi connectivity index (χ3n) is 5.53. The van der Waals surface area contributed by atoms with Crippen molar-refractivity contribution in [2.24, 2.45) is 5.92 Å². The Kier molecular flexibility index (Phi) is 5.00. The predicted molar refractivity (Wildman–Crippen MR) is 95.3 cm³/mol. The molecule has 0 radical (unpaired) electrons. The Morgan fingerprint density at radius 3 is 2.66 bits per heavy atom. The number of ketones is 1. The normalized spacial score (nSPS) is 17.2. The number of aryl methyl sites for hydroxylation is 2. The number of esters is 1. The summed E-state index contributed by atoms with van der Waals surface area (Å²) >= 11 is 0. The van der Waals surface area contributed by atoms with Gasteiger partial charge in [0.2, 0.25) is 5.76 Å². The smallest absolute Gasteiger partial charge is 0.421 e. The fourth-order valence-electron chi connectivity index (χ4n) is 4.16. The molecule has 0 saturated heterocycles. The van der Waals surface area contributed by atoms with Gasteiger partial charge in [-0.2, -0.15) is 18.3 Å². The van der Waals surface area contributed by atoms with E-state index >= 15 is 0 Å². The van der Waals surface area contributed by atoms with Crippen molar-refractivity contribution in [1.82, 2.24) is 9.78 Å². The number of carbonyl (C=O) groups is 2. The second-order valence-corrected chi connectivity index (χ2v) is 7.53. The Hall–Kier alpha value is -2.58. The molecule has 0 amide bonds. The van der Waals surface area contributed by atoms with Crippen LogP contribution in [-0.2, 0) is 35.1 Å². The van der Waals surface area contributed by atoms with Crippen LogP contribution in [-0.4, -0.2) is 28.1 Å². The van der Waals surface area contributed by atoms with Gasteiger partial charge < -0.3 is 9.15 Å². The van der Waals surface area contributed by atoms with Crippen molar-refractivity contribution >= 4 is 11.8 Å². The molecule has 2 aliphatic rings. The van der Waals surface area contributed by atoms with Crippen LogP contribution in [0.3, 0.4) is 0 Å². The Balaban J connectivity index is 1.71. The molecule has 4 rings (SSSR count). The van der Waals surface area contributed by atoms with E-state index in [1.165, 1.54) is 6.92 Å². The maximum Gasteiger partial charge on any atom is 0.421 e. The van der Waals surface area contributed by atoms with Crippen molar-refractivity contribution in [1.29, 1.82) is 0 Å². The zero-order valence-corrected chi connectivity index (χ0v) is 16.0. The van der Waals surface area contributed by atoms with E-state index in [1.54, 1.807) is 10.9 Å². The molecule has 0 spiro atoms. The lowest BCUT2D eigenvalue weighted by atomic mass is 9.88. The van der Waals surface area contributed by atoms with Gasteiger partial charge in [0, 0.05) is 32.0 Å². The van der Waals surface area contributed by atoms with Gasteiger partial charge in [-0.1, -0.05) is 0 Å². The Bertz CT molecular complexity index is 948. The molecule has 156 valence electrons. The highest BCUT2D eigenvalue weighted by molar-refractivity contribution is 5.92. The van der Waals surface area contributed by atoms with Gasteiger partial charge >= 0.3 is 12.1 Å². The van der Waals surface area contributed by atoms with E-state index in [4.69, 9.17) is 9.15 Å². The summed E-state index contributed by atoms with van der Waals surface area (Å²) < 4.78 is 53.3. The largest absolute Gasteiger partial charge is 0.460 e. The second-order valence-electron chi connectivity index (χ2n) is 7.53. The number of fused-ring (bicyclic) bond motifs is 3. The first kappa shape index (κ1) is 19.7. The molecule has 29 heavy (non-hydrogen) atoms. The molecular weight excluding hydrogens is 389 g/mol. The van der Waals surface area contributed by atoms with Crippen LogP contribution in [0.4, 0.5) is 13.2 Å². The summed E-state index contributed by atoms with van der Waals surface area (Å²) in [4.78, 5) is 23.5. The number of nitrogens with zero attached hydrogens (tertiary/aromatic N) is 2. The number of halogens is 3. The van der Waals surface area contributed by atoms with Crippen LogP contribution in [0, 0.1) is 5.92 Å². The molecule has 2 heterocycles. The Morgan fingerprint density at radius 1 is 1.28 bits per heavy atom. The van der Waals surface area contributed by atoms with Gasteiger partial charge in [-0.05, 0) is 37.7 Å². The third-order valence-corrected chi connectivity index (χ3v) is 5.53. The minimum absolute atomic E-state index is 0.0503. The number of Topliss-reactive ketones (excluding diaryl/α,β-unsaturated/α-hetero) is 1. The molecule has 0 aromatic carbocycles. The molecule has 0 unspecified atom stereocenters. The number of aromatic nitrogens is 2. The van der Waals surface area contributed by atoms with Crippen LogP contribution in [0.1, 0.15) is 60.0 Å². The third kappa shape index (κ3) is 3.70. The summed E-state index contributed by atoms with van der Waals surface area (Å²) in [6.07, 6.45) is 0.347. The topological polar surface area (TPSA) is 74.3 Å². The summed E-state index contributed by atoms with van der Waals surface area (Å²) in [5, 5.41) is 4.42. The number of alkyl halides is 3. The van der Waals surface area contributed by atoms with E-state index in [1.807, 2.05) is 0 Å². The molecule has 1 saturated carbocycles. The summed E-state index contributed by atoms with van der Waals surface area (Å²) in [5.41, 5.74) is -0.351. The van der Waals surface area contributed by atoms with E-state index < -0.39 is 23.5 Å².